The zero-order valence-corrected chi connectivity index (χ0v) is 15.3. The van der Waals surface area contributed by atoms with Gasteiger partial charge in [0, 0.05) is 19.5 Å². The van der Waals surface area contributed by atoms with Gasteiger partial charge in [-0.1, -0.05) is 37.3 Å². The molecule has 7 nitrogen and oxygen atoms in total. The second-order valence-electron chi connectivity index (χ2n) is 6.84. The Bertz CT molecular complexity index is 627. The number of nitrogens with one attached hydrogen (secondary N) is 1. The van der Waals surface area contributed by atoms with Crippen LogP contribution in [-0.2, 0) is 20.7 Å². The Balaban J connectivity index is 1.96. The Morgan fingerprint density at radius 2 is 1.85 bits per heavy atom. The summed E-state index contributed by atoms with van der Waals surface area (Å²) in [5.74, 6) is -0.270. The molecular formula is C19H27N3O4. The highest BCUT2D eigenvalue weighted by atomic mass is 16.5. The average Bonchev–Trinajstić information content (AvgIpc) is 2.61. The highest BCUT2D eigenvalue weighted by Crippen LogP contribution is 2.17. The molecule has 0 aromatic heterocycles. The van der Waals surface area contributed by atoms with E-state index in [4.69, 9.17) is 10.5 Å². The fourth-order valence-electron chi connectivity index (χ4n) is 3.01. The summed E-state index contributed by atoms with van der Waals surface area (Å²) in [7, 11) is 0. The zero-order valence-electron chi connectivity index (χ0n) is 15.3. The smallest absolute Gasteiger partial charge is 0.329 e. The first-order valence-corrected chi connectivity index (χ1v) is 8.96. The predicted octanol–water partition coefficient (Wildman–Crippen LogP) is 1.46. The SMILES string of the molecule is CC1CCN(C(=O)[C@H](C)OC(=O)[C@@H](Cc2ccccc2)NC(N)=O)CC1. The summed E-state index contributed by atoms with van der Waals surface area (Å²) in [5.41, 5.74) is 6.03. The molecule has 1 aromatic carbocycles. The van der Waals surface area contributed by atoms with Gasteiger partial charge >= 0.3 is 12.0 Å². The fraction of sp³-hybridized carbons (Fsp3) is 0.526. The molecule has 142 valence electrons. The molecule has 7 heteroatoms. The molecule has 26 heavy (non-hydrogen) atoms. The third-order valence-electron chi connectivity index (χ3n) is 4.62. The quantitative estimate of drug-likeness (QED) is 0.749. The van der Waals surface area contributed by atoms with Crippen LogP contribution in [0.1, 0.15) is 32.3 Å². The van der Waals surface area contributed by atoms with E-state index in [1.165, 1.54) is 0 Å². The minimum absolute atomic E-state index is 0.206. The molecule has 2 rings (SSSR count). The van der Waals surface area contributed by atoms with E-state index in [0.29, 0.717) is 19.0 Å². The Morgan fingerprint density at radius 3 is 2.42 bits per heavy atom. The van der Waals surface area contributed by atoms with Crippen LogP contribution in [-0.4, -0.2) is 48.0 Å². The minimum Gasteiger partial charge on any atom is -0.451 e. The van der Waals surface area contributed by atoms with Crippen LogP contribution in [0.3, 0.4) is 0 Å². The van der Waals surface area contributed by atoms with E-state index in [0.717, 1.165) is 18.4 Å². The molecule has 3 amide bonds. The molecule has 0 radical (unpaired) electrons. The number of hydrogen-bond donors (Lipinski definition) is 2. The number of urea groups is 1. The molecule has 1 aromatic rings. The van der Waals surface area contributed by atoms with Gasteiger partial charge in [-0.15, -0.1) is 0 Å². The van der Waals surface area contributed by atoms with E-state index in [9.17, 15) is 14.4 Å². The molecule has 2 atom stereocenters. The van der Waals surface area contributed by atoms with E-state index in [-0.39, 0.29) is 12.3 Å². The summed E-state index contributed by atoms with van der Waals surface area (Å²) in [6.45, 7) is 5.07. The molecule has 0 unspecified atom stereocenters. The lowest BCUT2D eigenvalue weighted by Gasteiger charge is -2.32. The highest BCUT2D eigenvalue weighted by molar-refractivity contribution is 5.87. The molecule has 1 aliphatic rings. The monoisotopic (exact) mass is 361 g/mol. The van der Waals surface area contributed by atoms with Crippen LogP contribution in [0.15, 0.2) is 30.3 Å². The predicted molar refractivity (Wildman–Crippen MR) is 97.2 cm³/mol. The summed E-state index contributed by atoms with van der Waals surface area (Å²) in [5, 5.41) is 2.40. The molecule has 0 aliphatic carbocycles. The average molecular weight is 361 g/mol. The second kappa shape index (κ2) is 9.22. The first-order chi connectivity index (χ1) is 12.4. The molecular weight excluding hydrogens is 334 g/mol. The maximum Gasteiger partial charge on any atom is 0.329 e. The number of esters is 1. The highest BCUT2D eigenvalue weighted by Gasteiger charge is 2.30. The number of primary amides is 1. The van der Waals surface area contributed by atoms with Gasteiger partial charge in [-0.3, -0.25) is 4.79 Å². The third-order valence-corrected chi connectivity index (χ3v) is 4.62. The Hall–Kier alpha value is -2.57. The number of nitrogens with zero attached hydrogens (tertiary/aromatic N) is 1. The number of rotatable bonds is 6. The number of amides is 3. The number of nitrogens with two attached hydrogens (primary N) is 1. The maximum absolute atomic E-state index is 12.5. The van der Waals surface area contributed by atoms with Crippen LogP contribution >= 0.6 is 0 Å². The summed E-state index contributed by atoms with van der Waals surface area (Å²) in [6, 6.07) is 7.47. The van der Waals surface area contributed by atoms with Crippen LogP contribution in [0.25, 0.3) is 0 Å². The molecule has 1 fully saturated rings. The lowest BCUT2D eigenvalue weighted by Crippen LogP contribution is -2.49. The number of ether oxygens (including phenoxy) is 1. The van der Waals surface area contributed by atoms with Crippen LogP contribution < -0.4 is 11.1 Å². The first-order valence-electron chi connectivity index (χ1n) is 8.96. The van der Waals surface area contributed by atoms with Crippen molar-refractivity contribution in [1.82, 2.24) is 10.2 Å². The van der Waals surface area contributed by atoms with E-state index in [1.807, 2.05) is 30.3 Å². The normalized spacial score (nSPS) is 17.2. The van der Waals surface area contributed by atoms with Crippen molar-refractivity contribution in [2.75, 3.05) is 13.1 Å². The van der Waals surface area contributed by atoms with Gasteiger partial charge in [0.2, 0.25) is 0 Å². The van der Waals surface area contributed by atoms with Gasteiger partial charge in [0.25, 0.3) is 5.91 Å². The first kappa shape index (κ1) is 19.8. The van der Waals surface area contributed by atoms with Gasteiger partial charge in [0.1, 0.15) is 6.04 Å². The minimum atomic E-state index is -0.938. The van der Waals surface area contributed by atoms with Gasteiger partial charge in [-0.25, -0.2) is 9.59 Å². The number of likely N-dealkylation sites (tertiary alicyclic amines) is 1. The van der Waals surface area contributed by atoms with Crippen LogP contribution in [0.2, 0.25) is 0 Å². The Labute approximate surface area is 153 Å². The fourth-order valence-corrected chi connectivity index (χ4v) is 3.01. The number of hydrogen-bond acceptors (Lipinski definition) is 4. The largest absolute Gasteiger partial charge is 0.451 e. The zero-order chi connectivity index (χ0) is 19.1. The molecule has 0 saturated carbocycles. The summed E-state index contributed by atoms with van der Waals surface area (Å²) >= 11 is 0. The van der Waals surface area contributed by atoms with Crippen molar-refractivity contribution in [2.45, 2.75) is 45.3 Å². The second-order valence-corrected chi connectivity index (χ2v) is 6.84. The van der Waals surface area contributed by atoms with Crippen molar-refractivity contribution in [2.24, 2.45) is 11.7 Å². The number of carbonyl (C=O) groups excluding carboxylic acids is 3. The molecule has 3 N–H and O–H groups in total. The Morgan fingerprint density at radius 1 is 1.23 bits per heavy atom. The molecule has 1 aliphatic heterocycles. The van der Waals surface area contributed by atoms with E-state index in [1.54, 1.807) is 11.8 Å². The lowest BCUT2D eigenvalue weighted by molar-refractivity contribution is -0.161. The van der Waals surface area contributed by atoms with Gasteiger partial charge < -0.3 is 20.7 Å². The van der Waals surface area contributed by atoms with Crippen molar-refractivity contribution in [3.63, 3.8) is 0 Å². The van der Waals surface area contributed by atoms with Gasteiger partial charge in [-0.2, -0.15) is 0 Å². The van der Waals surface area contributed by atoms with Crippen molar-refractivity contribution < 1.29 is 19.1 Å². The van der Waals surface area contributed by atoms with Crippen LogP contribution in [0.5, 0.6) is 0 Å². The van der Waals surface area contributed by atoms with Crippen molar-refractivity contribution in [3.05, 3.63) is 35.9 Å². The standard InChI is InChI=1S/C19H27N3O4/c1-13-8-10-22(11-9-13)17(23)14(2)26-18(24)16(21-19(20)25)12-15-6-4-3-5-7-15/h3-7,13-14,16H,8-12H2,1-2H3,(H3,20,21,25)/t14-,16+/m0/s1. The Kier molecular flexibility index (Phi) is 7.00. The molecule has 1 saturated heterocycles. The van der Waals surface area contributed by atoms with Crippen molar-refractivity contribution >= 4 is 17.9 Å². The third kappa shape index (κ3) is 5.75. The van der Waals surface area contributed by atoms with Gasteiger partial charge in [0.05, 0.1) is 0 Å². The van der Waals surface area contributed by atoms with E-state index >= 15 is 0 Å². The maximum atomic E-state index is 12.5. The summed E-state index contributed by atoms with van der Waals surface area (Å²) in [6.07, 6.45) is 1.24. The topological polar surface area (TPSA) is 102 Å². The summed E-state index contributed by atoms with van der Waals surface area (Å²) < 4.78 is 5.33. The number of benzene rings is 1. The van der Waals surface area contributed by atoms with Gasteiger partial charge in [0.15, 0.2) is 6.10 Å². The molecule has 0 bridgehead atoms. The van der Waals surface area contributed by atoms with Crippen molar-refractivity contribution in [3.8, 4) is 0 Å². The van der Waals surface area contributed by atoms with Crippen molar-refractivity contribution in [1.29, 1.82) is 0 Å². The van der Waals surface area contributed by atoms with E-state index in [2.05, 4.69) is 12.2 Å². The number of piperidine rings is 1. The van der Waals surface area contributed by atoms with E-state index < -0.39 is 24.1 Å². The lowest BCUT2D eigenvalue weighted by atomic mass is 9.99. The molecule has 0 spiro atoms. The van der Waals surface area contributed by atoms with Crippen LogP contribution in [0, 0.1) is 5.92 Å². The summed E-state index contributed by atoms with van der Waals surface area (Å²) in [4.78, 5) is 37.9. The van der Waals surface area contributed by atoms with Gasteiger partial charge in [-0.05, 0) is 31.2 Å². The van der Waals surface area contributed by atoms with Crippen LogP contribution in [0.4, 0.5) is 4.79 Å². The number of carbonyl (C=O) groups is 3. The molecule has 1 heterocycles.